The smallest absolute Gasteiger partial charge is 0.149 e. The standard InChI is InChI=1S/C11H15NO2/c1-8(13)10(12-2)11(14)9-6-4-3-5-7-9/h3-7,10-12,14H,1-2H3/t10?,11-/m0/s1. The summed E-state index contributed by atoms with van der Waals surface area (Å²) < 4.78 is 0. The molecule has 2 atom stereocenters. The van der Waals surface area contributed by atoms with E-state index >= 15 is 0 Å². The van der Waals surface area contributed by atoms with Gasteiger partial charge in [0, 0.05) is 0 Å². The van der Waals surface area contributed by atoms with Crippen molar-refractivity contribution < 1.29 is 9.90 Å². The minimum Gasteiger partial charge on any atom is -0.386 e. The number of carbonyl (C=O) groups is 1. The van der Waals surface area contributed by atoms with Gasteiger partial charge in [-0.1, -0.05) is 30.3 Å². The molecule has 0 aliphatic carbocycles. The van der Waals surface area contributed by atoms with E-state index in [2.05, 4.69) is 5.32 Å². The van der Waals surface area contributed by atoms with Gasteiger partial charge in [-0.15, -0.1) is 0 Å². The Morgan fingerprint density at radius 1 is 1.36 bits per heavy atom. The Balaban J connectivity index is 2.83. The van der Waals surface area contributed by atoms with E-state index in [1.165, 1.54) is 6.92 Å². The third kappa shape index (κ3) is 2.40. The van der Waals surface area contributed by atoms with E-state index in [-0.39, 0.29) is 5.78 Å². The van der Waals surface area contributed by atoms with Crippen molar-refractivity contribution in [1.29, 1.82) is 0 Å². The molecule has 1 aromatic carbocycles. The number of nitrogens with one attached hydrogen (secondary N) is 1. The predicted molar refractivity (Wildman–Crippen MR) is 54.9 cm³/mol. The van der Waals surface area contributed by atoms with Crippen molar-refractivity contribution in [3.05, 3.63) is 35.9 Å². The third-order valence-electron chi connectivity index (χ3n) is 2.21. The van der Waals surface area contributed by atoms with Crippen LogP contribution in [0, 0.1) is 0 Å². The summed E-state index contributed by atoms with van der Waals surface area (Å²) in [4.78, 5) is 11.2. The first-order valence-electron chi connectivity index (χ1n) is 4.57. The molecule has 0 amide bonds. The Hall–Kier alpha value is -1.19. The van der Waals surface area contributed by atoms with Gasteiger partial charge in [0.05, 0.1) is 6.04 Å². The van der Waals surface area contributed by atoms with Gasteiger partial charge in [0.25, 0.3) is 0 Å². The van der Waals surface area contributed by atoms with E-state index in [4.69, 9.17) is 0 Å². The van der Waals surface area contributed by atoms with Crippen molar-refractivity contribution in [2.24, 2.45) is 0 Å². The first kappa shape index (κ1) is 10.9. The summed E-state index contributed by atoms with van der Waals surface area (Å²) in [5.74, 6) is -0.0659. The Morgan fingerprint density at radius 2 is 1.93 bits per heavy atom. The number of aliphatic hydroxyl groups excluding tert-OH is 1. The van der Waals surface area contributed by atoms with Gasteiger partial charge >= 0.3 is 0 Å². The number of hydrogen-bond donors (Lipinski definition) is 2. The highest BCUT2D eigenvalue weighted by Crippen LogP contribution is 2.16. The molecule has 0 spiro atoms. The quantitative estimate of drug-likeness (QED) is 0.747. The molecule has 0 saturated heterocycles. The zero-order valence-electron chi connectivity index (χ0n) is 8.40. The molecular formula is C11H15NO2. The number of ketones is 1. The highest BCUT2D eigenvalue weighted by Gasteiger charge is 2.22. The Morgan fingerprint density at radius 3 is 2.36 bits per heavy atom. The second kappa shape index (κ2) is 4.88. The molecule has 1 unspecified atom stereocenters. The number of Topliss-reactive ketones (excluding diaryl/α,β-unsaturated/α-hetero) is 1. The molecule has 0 aliphatic heterocycles. The summed E-state index contributed by atoms with van der Waals surface area (Å²) in [5, 5.41) is 12.7. The molecule has 0 heterocycles. The zero-order valence-corrected chi connectivity index (χ0v) is 8.40. The van der Waals surface area contributed by atoms with Gasteiger partial charge in [-0.3, -0.25) is 4.79 Å². The van der Waals surface area contributed by atoms with Crippen LogP contribution in [0.1, 0.15) is 18.6 Å². The SMILES string of the molecule is CNC(C(C)=O)[C@@H](O)c1ccccc1. The van der Waals surface area contributed by atoms with Crippen molar-refractivity contribution in [2.45, 2.75) is 19.1 Å². The van der Waals surface area contributed by atoms with E-state index in [9.17, 15) is 9.90 Å². The van der Waals surface area contributed by atoms with Crippen LogP contribution < -0.4 is 5.32 Å². The second-order valence-electron chi connectivity index (χ2n) is 3.23. The number of hydrogen-bond acceptors (Lipinski definition) is 3. The topological polar surface area (TPSA) is 49.3 Å². The van der Waals surface area contributed by atoms with Crippen LogP contribution in [0.25, 0.3) is 0 Å². The maximum absolute atomic E-state index is 11.2. The zero-order chi connectivity index (χ0) is 10.6. The minimum atomic E-state index is -0.779. The molecule has 1 aromatic rings. The van der Waals surface area contributed by atoms with Crippen LogP contribution in [0.3, 0.4) is 0 Å². The maximum atomic E-state index is 11.2. The van der Waals surface area contributed by atoms with Crippen LogP contribution in [0.2, 0.25) is 0 Å². The van der Waals surface area contributed by atoms with Gasteiger partial charge in [-0.2, -0.15) is 0 Å². The van der Waals surface area contributed by atoms with Crippen molar-refractivity contribution in [3.8, 4) is 0 Å². The molecule has 0 fully saturated rings. The van der Waals surface area contributed by atoms with Gasteiger partial charge in [-0.05, 0) is 19.5 Å². The van der Waals surface area contributed by atoms with Crippen molar-refractivity contribution in [2.75, 3.05) is 7.05 Å². The fourth-order valence-electron chi connectivity index (χ4n) is 1.43. The van der Waals surface area contributed by atoms with Gasteiger partial charge < -0.3 is 10.4 Å². The van der Waals surface area contributed by atoms with Crippen molar-refractivity contribution in [1.82, 2.24) is 5.32 Å². The van der Waals surface area contributed by atoms with Crippen LogP contribution in [0.15, 0.2) is 30.3 Å². The summed E-state index contributed by atoms with van der Waals surface area (Å²) in [7, 11) is 1.66. The lowest BCUT2D eigenvalue weighted by Gasteiger charge is -2.19. The van der Waals surface area contributed by atoms with Gasteiger partial charge in [-0.25, -0.2) is 0 Å². The Labute approximate surface area is 83.8 Å². The van der Waals surface area contributed by atoms with Crippen molar-refractivity contribution >= 4 is 5.78 Å². The van der Waals surface area contributed by atoms with Crippen molar-refractivity contribution in [3.63, 3.8) is 0 Å². The first-order chi connectivity index (χ1) is 6.66. The van der Waals surface area contributed by atoms with E-state index in [1.807, 2.05) is 18.2 Å². The van der Waals surface area contributed by atoms with E-state index < -0.39 is 12.1 Å². The molecule has 0 saturated carbocycles. The molecule has 2 N–H and O–H groups in total. The number of aliphatic hydroxyl groups is 1. The van der Waals surface area contributed by atoms with Gasteiger partial charge in [0.2, 0.25) is 0 Å². The lowest BCUT2D eigenvalue weighted by atomic mass is 10.00. The van der Waals surface area contributed by atoms with Crippen LogP contribution in [-0.4, -0.2) is 24.0 Å². The van der Waals surface area contributed by atoms with E-state index in [0.29, 0.717) is 0 Å². The molecule has 0 bridgehead atoms. The summed E-state index contributed by atoms with van der Waals surface area (Å²) in [6, 6.07) is 8.63. The second-order valence-corrected chi connectivity index (χ2v) is 3.23. The van der Waals surface area contributed by atoms with Crippen LogP contribution in [-0.2, 0) is 4.79 Å². The molecule has 0 aliphatic rings. The first-order valence-corrected chi connectivity index (χ1v) is 4.57. The normalized spacial score (nSPS) is 14.8. The number of likely N-dealkylation sites (N-methyl/N-ethyl adjacent to an activating group) is 1. The van der Waals surface area contributed by atoms with Crippen LogP contribution in [0.5, 0.6) is 0 Å². The Kier molecular flexibility index (Phi) is 3.80. The maximum Gasteiger partial charge on any atom is 0.149 e. The van der Waals surface area contributed by atoms with Gasteiger partial charge in [0.1, 0.15) is 11.9 Å². The average molecular weight is 193 g/mol. The molecule has 1 rings (SSSR count). The largest absolute Gasteiger partial charge is 0.386 e. The molecule has 3 heteroatoms. The van der Waals surface area contributed by atoms with Crippen LogP contribution in [0.4, 0.5) is 0 Å². The predicted octanol–water partition coefficient (Wildman–Crippen LogP) is 0.897. The van der Waals surface area contributed by atoms with E-state index in [1.54, 1.807) is 19.2 Å². The fourth-order valence-corrected chi connectivity index (χ4v) is 1.43. The van der Waals surface area contributed by atoms with Crippen LogP contribution >= 0.6 is 0 Å². The summed E-state index contributed by atoms with van der Waals surface area (Å²) in [5.41, 5.74) is 0.752. The molecule has 0 aromatic heterocycles. The lowest BCUT2D eigenvalue weighted by Crippen LogP contribution is -2.38. The third-order valence-corrected chi connectivity index (χ3v) is 2.21. The Bertz CT molecular complexity index is 297. The number of benzene rings is 1. The molecule has 14 heavy (non-hydrogen) atoms. The average Bonchev–Trinajstić information content (AvgIpc) is 2.19. The fraction of sp³-hybridized carbons (Fsp3) is 0.364. The minimum absolute atomic E-state index is 0.0659. The molecule has 3 nitrogen and oxygen atoms in total. The highest BCUT2D eigenvalue weighted by molar-refractivity contribution is 5.82. The van der Waals surface area contributed by atoms with Gasteiger partial charge in [0.15, 0.2) is 0 Å². The number of carbonyl (C=O) groups excluding carboxylic acids is 1. The molecule has 76 valence electrons. The van der Waals surface area contributed by atoms with E-state index in [0.717, 1.165) is 5.56 Å². The molecule has 0 radical (unpaired) electrons. The summed E-state index contributed by atoms with van der Waals surface area (Å²) >= 11 is 0. The summed E-state index contributed by atoms with van der Waals surface area (Å²) in [6.45, 7) is 1.47. The summed E-state index contributed by atoms with van der Waals surface area (Å²) in [6.07, 6.45) is -0.779. The molecular weight excluding hydrogens is 178 g/mol. The lowest BCUT2D eigenvalue weighted by molar-refractivity contribution is -0.121. The number of rotatable bonds is 4. The highest BCUT2D eigenvalue weighted by atomic mass is 16.3. The monoisotopic (exact) mass is 193 g/mol.